The minimum atomic E-state index is -4.62. The summed E-state index contributed by atoms with van der Waals surface area (Å²) in [6.07, 6.45) is 48.0. The van der Waals surface area contributed by atoms with Gasteiger partial charge in [0, 0.05) is 12.8 Å². The first-order chi connectivity index (χ1) is 27.0. The first-order valence-corrected chi connectivity index (χ1v) is 22.8. The van der Waals surface area contributed by atoms with Crippen LogP contribution in [0, 0.1) is 0 Å². The van der Waals surface area contributed by atoms with Gasteiger partial charge in [0.25, 0.3) is 7.82 Å². The van der Waals surface area contributed by atoms with Gasteiger partial charge in [-0.1, -0.05) is 144 Å². The first kappa shape index (κ1) is 53.2. The van der Waals surface area contributed by atoms with Gasteiger partial charge in [0.2, 0.25) is 0 Å². The summed E-state index contributed by atoms with van der Waals surface area (Å²) in [6.45, 7) is 3.96. The van der Waals surface area contributed by atoms with Crippen molar-refractivity contribution in [2.45, 2.75) is 148 Å². The highest BCUT2D eigenvalue weighted by atomic mass is 31.2. The maximum atomic E-state index is 12.6. The van der Waals surface area contributed by atoms with Crippen LogP contribution in [0.3, 0.4) is 0 Å². The maximum absolute atomic E-state index is 12.6. The molecule has 0 bridgehead atoms. The van der Waals surface area contributed by atoms with Crippen LogP contribution in [0.25, 0.3) is 0 Å². The van der Waals surface area contributed by atoms with Crippen molar-refractivity contribution in [3.63, 3.8) is 0 Å². The summed E-state index contributed by atoms with van der Waals surface area (Å²) in [5, 5.41) is 0. The largest absolute Gasteiger partial charge is 0.756 e. The molecule has 0 aromatic rings. The molecule has 0 fully saturated rings. The minimum absolute atomic E-state index is 0.0393. The number of nitrogens with zero attached hydrogens (tertiary/aromatic N) is 1. The van der Waals surface area contributed by atoms with Crippen molar-refractivity contribution in [3.05, 3.63) is 85.1 Å². The molecule has 0 rings (SSSR count). The molecule has 0 aliphatic rings. The van der Waals surface area contributed by atoms with E-state index in [0.717, 1.165) is 109 Å². The standard InChI is InChI=1S/C46H78NO8P/c1-6-8-10-12-13-14-15-16-17-18-19-20-21-22-23-24-25-26-27-28-29-30-31-32-33-35-37-39-46(49)55-44(42-52-45(48)38-36-34-11-9-7-2)43-54-56(50,51)53-41-40-47(3,4)5/h8,10,13-14,16-17,19-20,22-23,25-26,28-29,44H,6-7,9,11-12,15,18,21,24,27,30-43H2,1-5H3/b10-8-,14-13-,17-16-,20-19-,23-22-,26-25-,29-28-. The van der Waals surface area contributed by atoms with Gasteiger partial charge in [-0.15, -0.1) is 0 Å². The summed E-state index contributed by atoms with van der Waals surface area (Å²) in [4.78, 5) is 37.1. The molecular weight excluding hydrogens is 725 g/mol. The molecule has 0 amide bonds. The number of phosphoric ester groups is 1. The van der Waals surface area contributed by atoms with Gasteiger partial charge in [-0.3, -0.25) is 14.2 Å². The van der Waals surface area contributed by atoms with Crippen LogP contribution in [0.5, 0.6) is 0 Å². The number of hydrogen-bond acceptors (Lipinski definition) is 8. The fourth-order valence-electron chi connectivity index (χ4n) is 5.10. The number of hydrogen-bond donors (Lipinski definition) is 0. The Balaban J connectivity index is 4.21. The minimum Gasteiger partial charge on any atom is -0.756 e. The van der Waals surface area contributed by atoms with E-state index in [1.807, 2.05) is 21.1 Å². The van der Waals surface area contributed by atoms with Crippen molar-refractivity contribution in [1.82, 2.24) is 0 Å². The second-order valence-electron chi connectivity index (χ2n) is 15.0. The lowest BCUT2D eigenvalue weighted by Crippen LogP contribution is -2.37. The molecule has 56 heavy (non-hydrogen) atoms. The molecule has 0 aromatic heterocycles. The first-order valence-electron chi connectivity index (χ1n) is 21.3. The van der Waals surface area contributed by atoms with E-state index >= 15 is 0 Å². The molecule has 0 aromatic carbocycles. The summed E-state index contributed by atoms with van der Waals surface area (Å²) in [7, 11) is 1.13. The molecule has 2 atom stereocenters. The van der Waals surface area contributed by atoms with E-state index in [1.165, 1.54) is 0 Å². The van der Waals surface area contributed by atoms with Crippen molar-refractivity contribution in [1.29, 1.82) is 0 Å². The van der Waals surface area contributed by atoms with Crippen molar-refractivity contribution >= 4 is 19.8 Å². The second kappa shape index (κ2) is 37.7. The molecule has 9 nitrogen and oxygen atoms in total. The van der Waals surface area contributed by atoms with Crippen LogP contribution in [-0.2, 0) is 32.7 Å². The summed E-state index contributed by atoms with van der Waals surface area (Å²) < 4.78 is 33.6. The zero-order chi connectivity index (χ0) is 41.4. The molecule has 0 radical (unpaired) electrons. The molecule has 0 spiro atoms. The fourth-order valence-corrected chi connectivity index (χ4v) is 5.83. The quantitative estimate of drug-likeness (QED) is 0.0201. The van der Waals surface area contributed by atoms with Crippen LogP contribution in [0.1, 0.15) is 142 Å². The average molecular weight is 804 g/mol. The Kier molecular flexibility index (Phi) is 35.9. The molecule has 320 valence electrons. The number of ether oxygens (including phenoxy) is 2. The number of unbranched alkanes of at least 4 members (excludes halogenated alkanes) is 9. The lowest BCUT2D eigenvalue weighted by molar-refractivity contribution is -0.870. The summed E-state index contributed by atoms with van der Waals surface area (Å²) >= 11 is 0. The van der Waals surface area contributed by atoms with E-state index in [-0.39, 0.29) is 26.1 Å². The lowest BCUT2D eigenvalue weighted by atomic mass is 10.1. The number of phosphoric acid groups is 1. The van der Waals surface area contributed by atoms with Crippen LogP contribution in [0.4, 0.5) is 0 Å². The second-order valence-corrected chi connectivity index (χ2v) is 16.4. The zero-order valence-electron chi connectivity index (χ0n) is 35.8. The van der Waals surface area contributed by atoms with Crippen molar-refractivity contribution in [2.75, 3.05) is 47.5 Å². The maximum Gasteiger partial charge on any atom is 0.306 e. The number of esters is 2. The third kappa shape index (κ3) is 40.8. The number of rotatable bonds is 37. The smallest absolute Gasteiger partial charge is 0.306 e. The number of quaternary nitrogens is 1. The Labute approximate surface area is 341 Å². The van der Waals surface area contributed by atoms with Gasteiger partial charge in [0.15, 0.2) is 6.10 Å². The number of likely N-dealkylation sites (N-methyl/N-ethyl adjacent to an activating group) is 1. The molecule has 0 saturated heterocycles. The number of allylic oxidation sites excluding steroid dienone is 14. The van der Waals surface area contributed by atoms with Crippen LogP contribution >= 0.6 is 7.82 Å². The Morgan fingerprint density at radius 1 is 0.571 bits per heavy atom. The van der Waals surface area contributed by atoms with Crippen molar-refractivity contribution < 1.29 is 42.1 Å². The molecule has 0 heterocycles. The SMILES string of the molecule is CC/C=C\C/C=C\C/C=C\C/C=C\C/C=C\C/C=C\C/C=C\CCCCCCCC(=O)OC(COC(=O)CCCCCCC)COP(=O)([O-])OCC[N+](C)(C)C. The highest BCUT2D eigenvalue weighted by Gasteiger charge is 2.21. The molecule has 0 aliphatic heterocycles. The van der Waals surface area contributed by atoms with Crippen molar-refractivity contribution in [3.8, 4) is 0 Å². The highest BCUT2D eigenvalue weighted by molar-refractivity contribution is 7.45. The van der Waals surface area contributed by atoms with Gasteiger partial charge < -0.3 is 27.9 Å². The molecule has 2 unspecified atom stereocenters. The van der Waals surface area contributed by atoms with Gasteiger partial charge in [-0.25, -0.2) is 0 Å². The Bertz CT molecular complexity index is 1230. The Morgan fingerprint density at radius 3 is 1.52 bits per heavy atom. The number of carbonyl (C=O) groups excluding carboxylic acids is 2. The van der Waals surface area contributed by atoms with Gasteiger partial charge in [0.1, 0.15) is 19.8 Å². The lowest BCUT2D eigenvalue weighted by Gasteiger charge is -2.28. The molecule has 10 heteroatoms. The van der Waals surface area contributed by atoms with E-state index in [9.17, 15) is 19.0 Å². The summed E-state index contributed by atoms with van der Waals surface area (Å²) in [5.74, 6) is -0.881. The van der Waals surface area contributed by atoms with E-state index in [2.05, 4.69) is 98.9 Å². The molecular formula is C46H78NO8P. The fraction of sp³-hybridized carbons (Fsp3) is 0.652. The zero-order valence-corrected chi connectivity index (χ0v) is 36.7. The third-order valence-corrected chi connectivity index (χ3v) is 9.39. The van der Waals surface area contributed by atoms with Gasteiger partial charge >= 0.3 is 11.9 Å². The van der Waals surface area contributed by atoms with Gasteiger partial charge in [-0.2, -0.15) is 0 Å². The Morgan fingerprint density at radius 2 is 1.02 bits per heavy atom. The molecule has 0 aliphatic carbocycles. The van der Waals surface area contributed by atoms with Crippen molar-refractivity contribution in [2.24, 2.45) is 0 Å². The van der Waals surface area contributed by atoms with E-state index in [0.29, 0.717) is 17.4 Å². The Hall–Kier alpha value is -2.81. The molecule has 0 saturated carbocycles. The predicted molar refractivity (Wildman–Crippen MR) is 231 cm³/mol. The average Bonchev–Trinajstić information content (AvgIpc) is 3.15. The van der Waals surface area contributed by atoms with Crippen LogP contribution in [0.2, 0.25) is 0 Å². The van der Waals surface area contributed by atoms with Crippen LogP contribution in [-0.4, -0.2) is 70.0 Å². The van der Waals surface area contributed by atoms with E-state index < -0.39 is 32.5 Å². The van der Waals surface area contributed by atoms with E-state index in [1.54, 1.807) is 0 Å². The third-order valence-electron chi connectivity index (χ3n) is 8.43. The monoisotopic (exact) mass is 804 g/mol. The summed E-state index contributed by atoms with van der Waals surface area (Å²) in [5.41, 5.74) is 0. The summed E-state index contributed by atoms with van der Waals surface area (Å²) in [6, 6.07) is 0. The molecule has 0 N–H and O–H groups in total. The highest BCUT2D eigenvalue weighted by Crippen LogP contribution is 2.38. The number of carbonyl (C=O) groups is 2. The van der Waals surface area contributed by atoms with Gasteiger partial charge in [0.05, 0.1) is 27.7 Å². The van der Waals surface area contributed by atoms with Crippen LogP contribution < -0.4 is 4.89 Å². The normalized spacial score (nSPS) is 14.5. The van der Waals surface area contributed by atoms with Gasteiger partial charge in [-0.05, 0) is 70.6 Å². The van der Waals surface area contributed by atoms with E-state index in [4.69, 9.17) is 18.5 Å². The predicted octanol–water partition coefficient (Wildman–Crippen LogP) is 11.4. The van der Waals surface area contributed by atoms with Crippen LogP contribution in [0.15, 0.2) is 85.1 Å². The topological polar surface area (TPSA) is 111 Å².